The van der Waals surface area contributed by atoms with Gasteiger partial charge in [0.05, 0.1) is 5.02 Å². The Morgan fingerprint density at radius 3 is 2.40 bits per heavy atom. The summed E-state index contributed by atoms with van der Waals surface area (Å²) in [5, 5.41) is -0.145. The molecule has 0 spiro atoms. The maximum atomic E-state index is 12.9. The maximum Gasteiger partial charge on any atom is 0.242 e. The normalized spacial score (nSPS) is 11.6. The highest BCUT2D eigenvalue weighted by Gasteiger charge is 2.17. The molecular formula is C13H10BrClFNO2S. The van der Waals surface area contributed by atoms with E-state index in [0.717, 1.165) is 28.2 Å². The van der Waals surface area contributed by atoms with Crippen LogP contribution < -0.4 is 4.72 Å². The Morgan fingerprint density at radius 1 is 1.15 bits per heavy atom. The van der Waals surface area contributed by atoms with E-state index < -0.39 is 15.8 Å². The van der Waals surface area contributed by atoms with Gasteiger partial charge in [-0.1, -0.05) is 39.7 Å². The molecule has 0 aromatic heterocycles. The minimum Gasteiger partial charge on any atom is -0.207 e. The molecule has 0 saturated heterocycles. The number of hydrogen-bond donors (Lipinski definition) is 1. The predicted molar refractivity (Wildman–Crippen MR) is 79.6 cm³/mol. The average molecular weight is 379 g/mol. The van der Waals surface area contributed by atoms with Gasteiger partial charge in [0.2, 0.25) is 10.0 Å². The van der Waals surface area contributed by atoms with E-state index in [4.69, 9.17) is 11.6 Å². The molecule has 0 aliphatic rings. The summed E-state index contributed by atoms with van der Waals surface area (Å²) in [6.07, 6.45) is 0. The van der Waals surface area contributed by atoms with Gasteiger partial charge in [0.1, 0.15) is 10.7 Å². The summed E-state index contributed by atoms with van der Waals surface area (Å²) in [6.45, 7) is 0.128. The lowest BCUT2D eigenvalue weighted by Gasteiger charge is -2.08. The van der Waals surface area contributed by atoms with Crippen LogP contribution in [0.5, 0.6) is 0 Å². The quantitative estimate of drug-likeness (QED) is 0.881. The van der Waals surface area contributed by atoms with Crippen LogP contribution in [0.1, 0.15) is 5.56 Å². The Hall–Kier alpha value is -0.950. The Balaban J connectivity index is 2.17. The van der Waals surface area contributed by atoms with Crippen molar-refractivity contribution >= 4 is 37.6 Å². The first-order valence-electron chi connectivity index (χ1n) is 5.58. The highest BCUT2D eigenvalue weighted by atomic mass is 79.9. The zero-order valence-corrected chi connectivity index (χ0v) is 13.3. The van der Waals surface area contributed by atoms with Gasteiger partial charge in [0.25, 0.3) is 0 Å². The van der Waals surface area contributed by atoms with E-state index in [1.54, 1.807) is 12.1 Å². The molecule has 2 aromatic rings. The van der Waals surface area contributed by atoms with E-state index in [9.17, 15) is 12.8 Å². The molecule has 0 bridgehead atoms. The molecule has 0 heterocycles. The summed E-state index contributed by atoms with van der Waals surface area (Å²) in [5.74, 6) is -0.582. The third kappa shape index (κ3) is 3.79. The highest BCUT2D eigenvalue weighted by molar-refractivity contribution is 9.10. The van der Waals surface area contributed by atoms with Crippen LogP contribution in [0.3, 0.4) is 0 Å². The van der Waals surface area contributed by atoms with E-state index >= 15 is 0 Å². The van der Waals surface area contributed by atoms with Crippen molar-refractivity contribution in [2.24, 2.45) is 0 Å². The molecule has 0 unspecified atom stereocenters. The summed E-state index contributed by atoms with van der Waals surface area (Å²) in [5.41, 5.74) is 0.801. The molecule has 1 N–H and O–H groups in total. The van der Waals surface area contributed by atoms with E-state index in [1.807, 2.05) is 12.1 Å². The molecular weight excluding hydrogens is 369 g/mol. The van der Waals surface area contributed by atoms with Gasteiger partial charge in [-0.2, -0.15) is 0 Å². The first-order valence-corrected chi connectivity index (χ1v) is 8.23. The van der Waals surface area contributed by atoms with E-state index in [-0.39, 0.29) is 16.5 Å². The van der Waals surface area contributed by atoms with Crippen LogP contribution in [0.4, 0.5) is 4.39 Å². The van der Waals surface area contributed by atoms with E-state index in [2.05, 4.69) is 20.7 Å². The monoisotopic (exact) mass is 377 g/mol. The molecule has 7 heteroatoms. The minimum atomic E-state index is -3.78. The second kappa shape index (κ2) is 6.22. The molecule has 2 aromatic carbocycles. The number of sulfonamides is 1. The van der Waals surface area contributed by atoms with Crippen molar-refractivity contribution in [1.29, 1.82) is 0 Å². The van der Waals surface area contributed by atoms with Crippen molar-refractivity contribution in [3.8, 4) is 0 Å². The van der Waals surface area contributed by atoms with E-state index in [0.29, 0.717) is 0 Å². The molecule has 0 aliphatic heterocycles. The van der Waals surface area contributed by atoms with Gasteiger partial charge < -0.3 is 0 Å². The lowest BCUT2D eigenvalue weighted by Crippen LogP contribution is -2.23. The van der Waals surface area contributed by atoms with Crippen LogP contribution in [0.2, 0.25) is 5.02 Å². The van der Waals surface area contributed by atoms with E-state index in [1.165, 1.54) is 0 Å². The van der Waals surface area contributed by atoms with Gasteiger partial charge in [-0.25, -0.2) is 17.5 Å². The average Bonchev–Trinajstić information content (AvgIpc) is 2.37. The summed E-state index contributed by atoms with van der Waals surface area (Å²) >= 11 is 9.05. The fraction of sp³-hybridized carbons (Fsp3) is 0.0769. The molecule has 20 heavy (non-hydrogen) atoms. The SMILES string of the molecule is O=S(=O)(NCc1ccc(Br)cc1)c1ccc(F)cc1Cl. The molecule has 0 radical (unpaired) electrons. The van der Waals surface area contributed by atoms with Gasteiger partial charge in [-0.3, -0.25) is 0 Å². The van der Waals surface area contributed by atoms with Gasteiger partial charge in [0.15, 0.2) is 0 Å². The second-order valence-electron chi connectivity index (χ2n) is 4.03. The highest BCUT2D eigenvalue weighted by Crippen LogP contribution is 2.22. The summed E-state index contributed by atoms with van der Waals surface area (Å²) < 4.78 is 40.4. The van der Waals surface area contributed by atoms with Crippen molar-refractivity contribution in [3.63, 3.8) is 0 Å². The minimum absolute atomic E-state index is 0.128. The Morgan fingerprint density at radius 2 is 1.80 bits per heavy atom. The van der Waals surface area contributed by atoms with Crippen molar-refractivity contribution in [1.82, 2.24) is 4.72 Å². The number of rotatable bonds is 4. The number of benzene rings is 2. The lowest BCUT2D eigenvalue weighted by molar-refractivity contribution is 0.580. The molecule has 106 valence electrons. The summed E-state index contributed by atoms with van der Waals surface area (Å²) in [6, 6.07) is 10.4. The van der Waals surface area contributed by atoms with Crippen LogP contribution in [-0.2, 0) is 16.6 Å². The maximum absolute atomic E-state index is 12.9. The summed E-state index contributed by atoms with van der Waals surface area (Å²) in [7, 11) is -3.78. The van der Waals surface area contributed by atoms with Gasteiger partial charge >= 0.3 is 0 Å². The number of nitrogens with one attached hydrogen (secondary N) is 1. The van der Waals surface area contributed by atoms with Crippen molar-refractivity contribution in [3.05, 3.63) is 63.3 Å². The predicted octanol–water partition coefficient (Wildman–Crippen LogP) is 3.72. The van der Waals surface area contributed by atoms with Crippen LogP contribution in [0, 0.1) is 5.82 Å². The smallest absolute Gasteiger partial charge is 0.207 e. The van der Waals surface area contributed by atoms with Gasteiger partial charge in [-0.15, -0.1) is 0 Å². The number of hydrogen-bond acceptors (Lipinski definition) is 2. The molecule has 2 rings (SSSR count). The zero-order chi connectivity index (χ0) is 14.8. The number of halogens is 3. The molecule has 0 saturated carbocycles. The molecule has 0 aliphatic carbocycles. The third-order valence-corrected chi connectivity index (χ3v) is 4.98. The van der Waals surface area contributed by atoms with Gasteiger partial charge in [0, 0.05) is 11.0 Å². The topological polar surface area (TPSA) is 46.2 Å². The van der Waals surface area contributed by atoms with Crippen LogP contribution >= 0.6 is 27.5 Å². The zero-order valence-electron chi connectivity index (χ0n) is 10.1. The Bertz CT molecular complexity index is 720. The van der Waals surface area contributed by atoms with Crippen LogP contribution in [-0.4, -0.2) is 8.42 Å². The first-order chi connectivity index (χ1) is 9.38. The standard InChI is InChI=1S/C13H10BrClFNO2S/c14-10-3-1-9(2-4-10)8-17-20(18,19)13-6-5-11(16)7-12(13)15/h1-7,17H,8H2. The van der Waals surface area contributed by atoms with Crippen LogP contribution in [0.25, 0.3) is 0 Å². The lowest BCUT2D eigenvalue weighted by atomic mass is 10.2. The summed E-state index contributed by atoms with van der Waals surface area (Å²) in [4.78, 5) is -0.141. The Kier molecular flexibility index (Phi) is 4.80. The third-order valence-electron chi connectivity index (χ3n) is 2.56. The molecule has 0 fully saturated rings. The van der Waals surface area contributed by atoms with Crippen molar-refractivity contribution in [2.45, 2.75) is 11.4 Å². The van der Waals surface area contributed by atoms with Crippen molar-refractivity contribution in [2.75, 3.05) is 0 Å². The molecule has 0 atom stereocenters. The Labute approximate surface area is 130 Å². The second-order valence-corrected chi connectivity index (χ2v) is 7.08. The largest absolute Gasteiger partial charge is 0.242 e. The van der Waals surface area contributed by atoms with Gasteiger partial charge in [-0.05, 0) is 35.9 Å². The fourth-order valence-corrected chi connectivity index (χ4v) is 3.36. The fourth-order valence-electron chi connectivity index (χ4n) is 1.55. The molecule has 3 nitrogen and oxygen atoms in total. The van der Waals surface area contributed by atoms with Crippen LogP contribution in [0.15, 0.2) is 51.8 Å². The van der Waals surface area contributed by atoms with Crippen molar-refractivity contribution < 1.29 is 12.8 Å². The molecule has 0 amide bonds. The first kappa shape index (κ1) is 15.4.